The summed E-state index contributed by atoms with van der Waals surface area (Å²) in [6.45, 7) is 3.76. The number of aromatic nitrogens is 4. The Morgan fingerprint density at radius 3 is 2.86 bits per heavy atom. The van der Waals surface area contributed by atoms with Crippen molar-refractivity contribution in [3.8, 4) is 0 Å². The largest absolute Gasteiger partial charge is 0.319 e. The van der Waals surface area contributed by atoms with Gasteiger partial charge in [-0.25, -0.2) is 9.37 Å². The molecule has 7 nitrogen and oxygen atoms in total. The predicted octanol–water partition coefficient (Wildman–Crippen LogP) is 3.01. The van der Waals surface area contributed by atoms with Gasteiger partial charge in [-0.1, -0.05) is 18.2 Å². The molecule has 0 aliphatic heterocycles. The van der Waals surface area contributed by atoms with E-state index in [-0.39, 0.29) is 17.9 Å². The second-order valence-electron chi connectivity index (χ2n) is 6.28. The van der Waals surface area contributed by atoms with E-state index < -0.39 is 11.5 Å². The molecule has 4 rings (SSSR count). The lowest BCUT2D eigenvalue weighted by Gasteiger charge is -2.08. The van der Waals surface area contributed by atoms with Crippen LogP contribution in [0.5, 0.6) is 0 Å². The van der Waals surface area contributed by atoms with Gasteiger partial charge in [0, 0.05) is 23.3 Å². The molecule has 0 spiro atoms. The van der Waals surface area contributed by atoms with Gasteiger partial charge >= 0.3 is 0 Å². The van der Waals surface area contributed by atoms with E-state index in [2.05, 4.69) is 15.4 Å². The SMILES string of the molecule is Cc1nn(Cc2ccccc2F)c(C)c1NC(=O)c1cnc2sccn2c1=O. The minimum Gasteiger partial charge on any atom is -0.319 e. The third-order valence-corrected chi connectivity index (χ3v) is 5.26. The zero-order valence-corrected chi connectivity index (χ0v) is 16.0. The summed E-state index contributed by atoms with van der Waals surface area (Å²) in [4.78, 5) is 29.8. The Labute approximate surface area is 163 Å². The fourth-order valence-electron chi connectivity index (χ4n) is 2.98. The molecule has 9 heteroatoms. The van der Waals surface area contributed by atoms with Crippen molar-refractivity contribution in [3.05, 3.63) is 80.7 Å². The van der Waals surface area contributed by atoms with E-state index in [0.29, 0.717) is 27.6 Å². The zero-order valence-electron chi connectivity index (χ0n) is 15.1. The molecular formula is C19H16FN5O2S. The molecule has 0 radical (unpaired) electrons. The van der Waals surface area contributed by atoms with Crippen molar-refractivity contribution < 1.29 is 9.18 Å². The molecule has 0 unspecified atom stereocenters. The molecule has 142 valence electrons. The third kappa shape index (κ3) is 3.09. The number of thiazole rings is 1. The molecule has 0 bridgehead atoms. The average Bonchev–Trinajstić information content (AvgIpc) is 3.25. The molecule has 28 heavy (non-hydrogen) atoms. The Morgan fingerprint density at radius 2 is 2.07 bits per heavy atom. The molecule has 0 saturated heterocycles. The quantitative estimate of drug-likeness (QED) is 0.574. The number of hydrogen-bond donors (Lipinski definition) is 1. The van der Waals surface area contributed by atoms with Gasteiger partial charge in [-0.05, 0) is 19.9 Å². The van der Waals surface area contributed by atoms with Crippen molar-refractivity contribution in [1.29, 1.82) is 0 Å². The topological polar surface area (TPSA) is 81.3 Å². The van der Waals surface area contributed by atoms with Gasteiger partial charge in [0.2, 0.25) is 0 Å². The smallest absolute Gasteiger partial charge is 0.271 e. The van der Waals surface area contributed by atoms with E-state index >= 15 is 0 Å². The maximum atomic E-state index is 13.9. The van der Waals surface area contributed by atoms with Crippen molar-refractivity contribution in [2.45, 2.75) is 20.4 Å². The Hall–Kier alpha value is -3.33. The zero-order chi connectivity index (χ0) is 19.8. The number of halogens is 1. The van der Waals surface area contributed by atoms with Crippen LogP contribution in [0.4, 0.5) is 10.1 Å². The van der Waals surface area contributed by atoms with Crippen molar-refractivity contribution in [2.24, 2.45) is 0 Å². The first-order chi connectivity index (χ1) is 13.5. The van der Waals surface area contributed by atoms with Gasteiger partial charge in [0.1, 0.15) is 11.4 Å². The molecule has 1 N–H and O–H groups in total. The number of fused-ring (bicyclic) bond motifs is 1. The van der Waals surface area contributed by atoms with Crippen LogP contribution in [-0.4, -0.2) is 25.1 Å². The summed E-state index contributed by atoms with van der Waals surface area (Å²) in [5.41, 5.74) is 1.74. The maximum absolute atomic E-state index is 13.9. The number of aryl methyl sites for hydroxylation is 1. The number of benzene rings is 1. The summed E-state index contributed by atoms with van der Waals surface area (Å²) in [5.74, 6) is -0.876. The van der Waals surface area contributed by atoms with Gasteiger partial charge in [-0.3, -0.25) is 18.7 Å². The minimum absolute atomic E-state index is 0.0587. The van der Waals surface area contributed by atoms with Crippen molar-refractivity contribution >= 4 is 27.9 Å². The van der Waals surface area contributed by atoms with Gasteiger partial charge in [0.25, 0.3) is 11.5 Å². The van der Waals surface area contributed by atoms with E-state index in [9.17, 15) is 14.0 Å². The second-order valence-corrected chi connectivity index (χ2v) is 7.15. The standard InChI is InChI=1S/C19H16FN5O2S/c1-11-16(12(2)25(23-11)10-13-5-3-4-6-15(13)20)22-17(26)14-9-21-19-24(18(14)27)7-8-28-19/h3-9H,10H2,1-2H3,(H,22,26). The number of carbonyl (C=O) groups excluding carboxylic acids is 1. The fraction of sp³-hybridized carbons (Fsp3) is 0.158. The third-order valence-electron chi connectivity index (χ3n) is 4.49. The minimum atomic E-state index is -0.560. The first-order valence-electron chi connectivity index (χ1n) is 8.49. The number of amides is 1. The number of hydrogen-bond acceptors (Lipinski definition) is 5. The number of nitrogens with zero attached hydrogens (tertiary/aromatic N) is 4. The van der Waals surface area contributed by atoms with E-state index in [1.54, 1.807) is 48.3 Å². The average molecular weight is 397 g/mol. The van der Waals surface area contributed by atoms with Crippen molar-refractivity contribution in [2.75, 3.05) is 5.32 Å². The number of nitrogens with one attached hydrogen (secondary N) is 1. The van der Waals surface area contributed by atoms with Crippen LogP contribution in [0.15, 0.2) is 46.8 Å². The molecule has 1 amide bonds. The van der Waals surface area contributed by atoms with Crippen LogP contribution in [0.2, 0.25) is 0 Å². The van der Waals surface area contributed by atoms with Crippen LogP contribution in [-0.2, 0) is 6.54 Å². The van der Waals surface area contributed by atoms with Crippen LogP contribution >= 0.6 is 11.3 Å². The van der Waals surface area contributed by atoms with E-state index in [4.69, 9.17) is 0 Å². The van der Waals surface area contributed by atoms with Crippen LogP contribution in [0.3, 0.4) is 0 Å². The van der Waals surface area contributed by atoms with Crippen LogP contribution in [0.25, 0.3) is 4.96 Å². The molecule has 0 fully saturated rings. The maximum Gasteiger partial charge on any atom is 0.271 e. The highest BCUT2D eigenvalue weighted by Gasteiger charge is 2.19. The highest BCUT2D eigenvalue weighted by Crippen LogP contribution is 2.21. The molecule has 3 aromatic heterocycles. The monoisotopic (exact) mass is 397 g/mol. The summed E-state index contributed by atoms with van der Waals surface area (Å²) in [6.07, 6.45) is 2.85. The number of carbonyl (C=O) groups is 1. The molecule has 0 aliphatic rings. The molecule has 0 atom stereocenters. The Morgan fingerprint density at radius 1 is 1.29 bits per heavy atom. The highest BCUT2D eigenvalue weighted by molar-refractivity contribution is 7.15. The van der Waals surface area contributed by atoms with Gasteiger partial charge in [0.05, 0.1) is 23.6 Å². The summed E-state index contributed by atoms with van der Waals surface area (Å²) in [5, 5.41) is 8.87. The highest BCUT2D eigenvalue weighted by atomic mass is 32.1. The van der Waals surface area contributed by atoms with E-state index in [1.807, 2.05) is 0 Å². The molecule has 4 aromatic rings. The number of rotatable bonds is 4. The van der Waals surface area contributed by atoms with E-state index in [0.717, 1.165) is 0 Å². The van der Waals surface area contributed by atoms with Crippen molar-refractivity contribution in [3.63, 3.8) is 0 Å². The molecule has 0 saturated carbocycles. The summed E-state index contributed by atoms with van der Waals surface area (Å²) in [7, 11) is 0. The molecule has 3 heterocycles. The lowest BCUT2D eigenvalue weighted by molar-refractivity contribution is 0.102. The van der Waals surface area contributed by atoms with Gasteiger partial charge in [0.15, 0.2) is 4.96 Å². The van der Waals surface area contributed by atoms with Crippen LogP contribution in [0, 0.1) is 19.7 Å². The number of anilines is 1. The lowest BCUT2D eigenvalue weighted by Crippen LogP contribution is -2.26. The first-order valence-corrected chi connectivity index (χ1v) is 9.37. The lowest BCUT2D eigenvalue weighted by atomic mass is 10.2. The van der Waals surface area contributed by atoms with Crippen LogP contribution < -0.4 is 10.9 Å². The Bertz CT molecular complexity index is 1260. The van der Waals surface area contributed by atoms with Crippen molar-refractivity contribution in [1.82, 2.24) is 19.2 Å². The van der Waals surface area contributed by atoms with E-state index in [1.165, 1.54) is 28.0 Å². The molecule has 1 aromatic carbocycles. The Balaban J connectivity index is 1.63. The van der Waals surface area contributed by atoms with Gasteiger partial charge in [-0.15, -0.1) is 11.3 Å². The summed E-state index contributed by atoms with van der Waals surface area (Å²) >= 11 is 1.31. The predicted molar refractivity (Wildman–Crippen MR) is 104 cm³/mol. The van der Waals surface area contributed by atoms with Crippen LogP contribution in [0.1, 0.15) is 27.3 Å². The molecular weight excluding hydrogens is 381 g/mol. The first kappa shape index (κ1) is 18.1. The van der Waals surface area contributed by atoms with Gasteiger partial charge < -0.3 is 5.32 Å². The fourth-order valence-corrected chi connectivity index (χ4v) is 3.66. The Kier molecular flexibility index (Phi) is 4.52. The summed E-state index contributed by atoms with van der Waals surface area (Å²) in [6, 6.07) is 6.47. The normalized spacial score (nSPS) is 11.1. The second kappa shape index (κ2) is 7.01. The molecule has 0 aliphatic carbocycles. The summed E-state index contributed by atoms with van der Waals surface area (Å²) < 4.78 is 16.9. The van der Waals surface area contributed by atoms with Gasteiger partial charge in [-0.2, -0.15) is 5.10 Å².